The highest BCUT2D eigenvalue weighted by Crippen LogP contribution is 2.49. The molecule has 3 fully saturated rings. The molecule has 3 aliphatic rings. The third kappa shape index (κ3) is 6.89. The van der Waals surface area contributed by atoms with E-state index in [0.29, 0.717) is 50.1 Å². The van der Waals surface area contributed by atoms with Gasteiger partial charge in [-0.3, -0.25) is 9.59 Å². The molecule has 2 amide bonds. The van der Waals surface area contributed by atoms with Crippen LogP contribution in [0, 0.1) is 6.92 Å². The number of carbonyl (C=O) groups is 2. The Labute approximate surface area is 264 Å². The van der Waals surface area contributed by atoms with Crippen LogP contribution in [-0.4, -0.2) is 102 Å². The average Bonchev–Trinajstić information content (AvgIpc) is 3.34. The average molecular weight is 626 g/mol. The molecule has 246 valence electrons. The van der Waals surface area contributed by atoms with Gasteiger partial charge >= 0.3 is 0 Å². The van der Waals surface area contributed by atoms with E-state index < -0.39 is 35.2 Å². The van der Waals surface area contributed by atoms with Gasteiger partial charge in [-0.15, -0.1) is 0 Å². The number of aryl methyl sites for hydroxylation is 1. The Bertz CT molecular complexity index is 1360. The van der Waals surface area contributed by atoms with Crippen LogP contribution < -0.4 is 15.4 Å². The Morgan fingerprint density at radius 2 is 1.80 bits per heavy atom. The fourth-order valence-corrected chi connectivity index (χ4v) is 6.27. The lowest BCUT2D eigenvalue weighted by Crippen LogP contribution is -2.63. The van der Waals surface area contributed by atoms with Gasteiger partial charge in [-0.2, -0.15) is 0 Å². The summed E-state index contributed by atoms with van der Waals surface area (Å²) in [4.78, 5) is 27.3. The van der Waals surface area contributed by atoms with E-state index in [1.165, 1.54) is 0 Å². The number of amides is 2. The standard InChI is InChI=1S/C34H47N3O8/c1-22-8-11-25(34-30(41)28(39)29(40)32(2,45-34)21-44-34)20-24(22)19-23-9-12-26(13-10-23)43-18-5-7-27(38)36-33(14-6-15-33)31(42)35-16-17-37(3)4/h8-13,20,28-30,39-41H,5-7,14-19,21H2,1-4H3,(H,35,42)(H,36,38)/t28-,29-,30+,32-,34-/m0/s1. The van der Waals surface area contributed by atoms with E-state index in [-0.39, 0.29) is 24.8 Å². The zero-order chi connectivity index (χ0) is 32.4. The van der Waals surface area contributed by atoms with Crippen molar-refractivity contribution in [1.29, 1.82) is 0 Å². The van der Waals surface area contributed by atoms with Crippen LogP contribution in [0.1, 0.15) is 61.3 Å². The molecule has 0 aromatic heterocycles. The van der Waals surface area contributed by atoms with Gasteiger partial charge in [0.1, 0.15) is 35.2 Å². The quantitative estimate of drug-likeness (QED) is 0.209. The van der Waals surface area contributed by atoms with Crippen LogP contribution in [0.2, 0.25) is 0 Å². The van der Waals surface area contributed by atoms with E-state index in [4.69, 9.17) is 14.2 Å². The highest BCUT2D eigenvalue weighted by molar-refractivity contribution is 5.92. The molecule has 2 heterocycles. The smallest absolute Gasteiger partial charge is 0.245 e. The SMILES string of the molecule is Cc1ccc([C@]23OC[C@](C)(O2)[C@@H](O)[C@H](O)[C@H]3O)cc1Cc1ccc(OCCCC(=O)NC2(C(=O)NCCN(C)C)CCC2)cc1. The van der Waals surface area contributed by atoms with Crippen molar-refractivity contribution in [2.75, 3.05) is 40.4 Å². The van der Waals surface area contributed by atoms with Gasteiger partial charge in [-0.1, -0.05) is 24.3 Å². The summed E-state index contributed by atoms with van der Waals surface area (Å²) in [6.07, 6.45) is -0.445. The monoisotopic (exact) mass is 625 g/mol. The minimum absolute atomic E-state index is 0.0485. The normalized spacial score (nSPS) is 28.4. The van der Waals surface area contributed by atoms with Crippen LogP contribution in [0.3, 0.4) is 0 Å². The summed E-state index contributed by atoms with van der Waals surface area (Å²) < 4.78 is 17.9. The van der Waals surface area contributed by atoms with Crippen LogP contribution in [-0.2, 0) is 31.3 Å². The van der Waals surface area contributed by atoms with E-state index in [0.717, 1.165) is 29.7 Å². The van der Waals surface area contributed by atoms with Crippen molar-refractivity contribution in [2.24, 2.45) is 0 Å². The maximum atomic E-state index is 12.7. The molecular formula is C34H47N3O8. The van der Waals surface area contributed by atoms with E-state index >= 15 is 0 Å². The molecule has 2 saturated heterocycles. The summed E-state index contributed by atoms with van der Waals surface area (Å²) in [6, 6.07) is 13.4. The number of likely N-dealkylation sites (N-methyl/N-ethyl adjacent to an activating group) is 1. The zero-order valence-corrected chi connectivity index (χ0v) is 26.7. The van der Waals surface area contributed by atoms with Crippen molar-refractivity contribution in [2.45, 2.75) is 87.6 Å². The summed E-state index contributed by atoms with van der Waals surface area (Å²) in [5, 5.41) is 37.7. The van der Waals surface area contributed by atoms with E-state index in [1.807, 2.05) is 68.4 Å². The number of aliphatic hydroxyl groups excluding tert-OH is 3. The van der Waals surface area contributed by atoms with Gasteiger partial charge in [-0.05, 0) is 94.9 Å². The number of nitrogens with one attached hydrogen (secondary N) is 2. The Kier molecular flexibility index (Phi) is 9.88. The molecule has 0 radical (unpaired) electrons. The zero-order valence-electron chi connectivity index (χ0n) is 26.7. The van der Waals surface area contributed by atoms with Crippen molar-refractivity contribution in [3.05, 3.63) is 64.7 Å². The maximum Gasteiger partial charge on any atom is 0.245 e. The van der Waals surface area contributed by atoms with Gasteiger partial charge in [-0.25, -0.2) is 0 Å². The number of carbonyl (C=O) groups excluding carboxylic acids is 2. The van der Waals surface area contributed by atoms with Gasteiger partial charge < -0.3 is 45.1 Å². The molecule has 5 N–H and O–H groups in total. The third-order valence-electron chi connectivity index (χ3n) is 9.37. The highest BCUT2D eigenvalue weighted by atomic mass is 16.8. The van der Waals surface area contributed by atoms with Gasteiger partial charge in [0, 0.05) is 25.1 Å². The van der Waals surface area contributed by atoms with Crippen LogP contribution >= 0.6 is 0 Å². The predicted molar refractivity (Wildman–Crippen MR) is 167 cm³/mol. The van der Waals surface area contributed by atoms with Crippen LogP contribution in [0.15, 0.2) is 42.5 Å². The first kappa shape index (κ1) is 33.3. The molecule has 1 aliphatic carbocycles. The summed E-state index contributed by atoms with van der Waals surface area (Å²) >= 11 is 0. The van der Waals surface area contributed by atoms with Crippen LogP contribution in [0.5, 0.6) is 5.75 Å². The fraction of sp³-hybridized carbons (Fsp3) is 0.588. The molecule has 45 heavy (non-hydrogen) atoms. The van der Waals surface area contributed by atoms with E-state index in [1.54, 1.807) is 6.92 Å². The van der Waals surface area contributed by atoms with Crippen LogP contribution in [0.4, 0.5) is 0 Å². The number of nitrogens with zero attached hydrogens (tertiary/aromatic N) is 1. The summed E-state index contributed by atoms with van der Waals surface area (Å²) in [5.41, 5.74) is 1.79. The number of hydrogen-bond acceptors (Lipinski definition) is 9. The Morgan fingerprint density at radius 3 is 2.47 bits per heavy atom. The molecule has 5 rings (SSSR count). The number of benzene rings is 2. The Morgan fingerprint density at radius 1 is 1.07 bits per heavy atom. The Balaban J connectivity index is 1.11. The predicted octanol–water partition coefficient (Wildman–Crippen LogP) is 1.52. The summed E-state index contributed by atoms with van der Waals surface area (Å²) in [5.74, 6) is -1.10. The molecule has 2 aliphatic heterocycles. The summed E-state index contributed by atoms with van der Waals surface area (Å²) in [7, 11) is 3.90. The van der Waals surface area contributed by atoms with Gasteiger partial charge in [0.05, 0.1) is 13.2 Å². The van der Waals surface area contributed by atoms with Crippen molar-refractivity contribution in [3.8, 4) is 5.75 Å². The van der Waals surface area contributed by atoms with Gasteiger partial charge in [0.25, 0.3) is 0 Å². The molecule has 2 aromatic carbocycles. The Hall–Kier alpha value is -3.06. The maximum absolute atomic E-state index is 12.7. The van der Waals surface area contributed by atoms with Crippen molar-refractivity contribution in [3.63, 3.8) is 0 Å². The molecule has 2 bridgehead atoms. The second-order valence-corrected chi connectivity index (χ2v) is 13.2. The number of ether oxygens (including phenoxy) is 3. The minimum Gasteiger partial charge on any atom is -0.494 e. The number of hydrogen-bond donors (Lipinski definition) is 5. The molecule has 11 heteroatoms. The first-order valence-electron chi connectivity index (χ1n) is 15.8. The van der Waals surface area contributed by atoms with Crippen molar-refractivity contribution < 1.29 is 39.1 Å². The summed E-state index contributed by atoms with van der Waals surface area (Å²) in [6.45, 7) is 5.39. The second kappa shape index (κ2) is 13.4. The largest absolute Gasteiger partial charge is 0.494 e. The van der Waals surface area contributed by atoms with E-state index in [2.05, 4.69) is 10.6 Å². The third-order valence-corrected chi connectivity index (χ3v) is 9.37. The topological polar surface area (TPSA) is 150 Å². The van der Waals surface area contributed by atoms with E-state index in [9.17, 15) is 24.9 Å². The van der Waals surface area contributed by atoms with Crippen molar-refractivity contribution >= 4 is 11.8 Å². The lowest BCUT2D eigenvalue weighted by atomic mass is 9.75. The first-order valence-corrected chi connectivity index (χ1v) is 15.8. The number of rotatable bonds is 13. The molecule has 11 nitrogen and oxygen atoms in total. The van der Waals surface area contributed by atoms with Gasteiger partial charge in [0.15, 0.2) is 0 Å². The number of fused-ring (bicyclic) bond motifs is 2. The lowest BCUT2D eigenvalue weighted by molar-refractivity contribution is -0.322. The number of aliphatic hydroxyl groups is 3. The molecule has 2 aromatic rings. The lowest BCUT2D eigenvalue weighted by Gasteiger charge is -2.45. The highest BCUT2D eigenvalue weighted by Gasteiger charge is 2.65. The fourth-order valence-electron chi connectivity index (χ4n) is 6.27. The van der Waals surface area contributed by atoms with Crippen LogP contribution in [0.25, 0.3) is 0 Å². The molecule has 0 spiro atoms. The van der Waals surface area contributed by atoms with Gasteiger partial charge in [0.2, 0.25) is 17.6 Å². The van der Waals surface area contributed by atoms with Crippen molar-refractivity contribution in [1.82, 2.24) is 15.5 Å². The molecule has 1 saturated carbocycles. The second-order valence-electron chi connectivity index (χ2n) is 13.2. The molecular weight excluding hydrogens is 578 g/mol. The molecule has 5 atom stereocenters. The first-order chi connectivity index (χ1) is 21.4. The minimum atomic E-state index is -1.55. The molecule has 0 unspecified atom stereocenters.